The molecular formula is C13H19N. The second-order valence-electron chi connectivity index (χ2n) is 4.35. The van der Waals surface area contributed by atoms with Crippen LogP contribution in [-0.4, -0.2) is 6.54 Å². The Bertz CT molecular complexity index is 311. The molecule has 1 heterocycles. The van der Waals surface area contributed by atoms with Gasteiger partial charge in [-0.2, -0.15) is 0 Å². The van der Waals surface area contributed by atoms with E-state index in [1.807, 2.05) is 0 Å². The van der Waals surface area contributed by atoms with Gasteiger partial charge in [0.1, 0.15) is 0 Å². The van der Waals surface area contributed by atoms with Gasteiger partial charge in [0.2, 0.25) is 0 Å². The predicted molar refractivity (Wildman–Crippen MR) is 60.5 cm³/mol. The maximum atomic E-state index is 3.58. The summed E-state index contributed by atoms with van der Waals surface area (Å²) in [6.45, 7) is 5.55. The van der Waals surface area contributed by atoms with Crippen LogP contribution in [0.5, 0.6) is 0 Å². The zero-order chi connectivity index (χ0) is 9.97. The molecule has 1 fully saturated rings. The maximum Gasteiger partial charge on any atom is 0.0320 e. The van der Waals surface area contributed by atoms with Crippen molar-refractivity contribution in [1.82, 2.24) is 5.32 Å². The first-order valence-electron chi connectivity index (χ1n) is 5.58. The van der Waals surface area contributed by atoms with Crippen LogP contribution >= 0.6 is 0 Å². The van der Waals surface area contributed by atoms with E-state index >= 15 is 0 Å². The first-order valence-corrected chi connectivity index (χ1v) is 5.58. The first kappa shape index (κ1) is 9.72. The first-order chi connectivity index (χ1) is 6.77. The second kappa shape index (κ2) is 4.14. The molecule has 1 aliphatic heterocycles. The molecule has 1 heteroatoms. The molecule has 1 aromatic carbocycles. The third-order valence-electron chi connectivity index (χ3n) is 3.24. The highest BCUT2D eigenvalue weighted by Crippen LogP contribution is 2.24. The molecule has 1 atom stereocenters. The van der Waals surface area contributed by atoms with Crippen molar-refractivity contribution in [2.45, 2.75) is 39.2 Å². The molecule has 2 rings (SSSR count). The smallest absolute Gasteiger partial charge is 0.0320 e. The molecule has 0 saturated carbocycles. The van der Waals surface area contributed by atoms with Crippen molar-refractivity contribution < 1.29 is 0 Å². The SMILES string of the molecule is Cc1ccc(C2CCCCN2)cc1C. The topological polar surface area (TPSA) is 12.0 Å². The van der Waals surface area contributed by atoms with Crippen molar-refractivity contribution in [3.63, 3.8) is 0 Å². The van der Waals surface area contributed by atoms with Crippen LogP contribution in [0.25, 0.3) is 0 Å². The summed E-state index contributed by atoms with van der Waals surface area (Å²) in [6.07, 6.45) is 3.99. The van der Waals surface area contributed by atoms with E-state index in [-0.39, 0.29) is 0 Å². The van der Waals surface area contributed by atoms with Crippen molar-refractivity contribution in [3.8, 4) is 0 Å². The monoisotopic (exact) mass is 189 g/mol. The van der Waals surface area contributed by atoms with Gasteiger partial charge >= 0.3 is 0 Å². The zero-order valence-corrected chi connectivity index (χ0v) is 9.14. The van der Waals surface area contributed by atoms with Gasteiger partial charge in [0.05, 0.1) is 0 Å². The van der Waals surface area contributed by atoms with Crippen molar-refractivity contribution >= 4 is 0 Å². The number of hydrogen-bond donors (Lipinski definition) is 1. The van der Waals surface area contributed by atoms with Gasteiger partial charge in [-0.05, 0) is 49.9 Å². The van der Waals surface area contributed by atoms with Crippen molar-refractivity contribution in [2.75, 3.05) is 6.54 Å². The molecule has 1 nitrogen and oxygen atoms in total. The highest BCUT2D eigenvalue weighted by Gasteiger charge is 2.14. The minimum atomic E-state index is 0.600. The van der Waals surface area contributed by atoms with Gasteiger partial charge in [0.25, 0.3) is 0 Å². The number of benzene rings is 1. The molecule has 1 aromatic rings. The molecule has 14 heavy (non-hydrogen) atoms. The lowest BCUT2D eigenvalue weighted by Gasteiger charge is -2.24. The number of piperidine rings is 1. The largest absolute Gasteiger partial charge is 0.310 e. The van der Waals surface area contributed by atoms with E-state index in [0.717, 1.165) is 0 Å². The lowest BCUT2D eigenvalue weighted by Crippen LogP contribution is -2.26. The summed E-state index contributed by atoms with van der Waals surface area (Å²) in [6, 6.07) is 7.44. The number of nitrogens with one attached hydrogen (secondary N) is 1. The van der Waals surface area contributed by atoms with Crippen LogP contribution in [0.3, 0.4) is 0 Å². The summed E-state index contributed by atoms with van der Waals surface area (Å²) in [5, 5.41) is 3.58. The van der Waals surface area contributed by atoms with E-state index in [0.29, 0.717) is 6.04 Å². The van der Waals surface area contributed by atoms with E-state index < -0.39 is 0 Å². The molecule has 0 radical (unpaired) electrons. The van der Waals surface area contributed by atoms with Crippen LogP contribution in [-0.2, 0) is 0 Å². The Balaban J connectivity index is 2.18. The number of hydrogen-bond acceptors (Lipinski definition) is 1. The van der Waals surface area contributed by atoms with E-state index in [4.69, 9.17) is 0 Å². The van der Waals surface area contributed by atoms with Crippen LogP contribution in [0.4, 0.5) is 0 Å². The molecule has 76 valence electrons. The van der Waals surface area contributed by atoms with Gasteiger partial charge in [-0.3, -0.25) is 0 Å². The molecule has 0 aliphatic carbocycles. The van der Waals surface area contributed by atoms with Gasteiger partial charge in [0.15, 0.2) is 0 Å². The third-order valence-corrected chi connectivity index (χ3v) is 3.24. The Morgan fingerprint density at radius 3 is 2.64 bits per heavy atom. The average molecular weight is 189 g/mol. The molecule has 0 aromatic heterocycles. The third kappa shape index (κ3) is 1.98. The van der Waals surface area contributed by atoms with Gasteiger partial charge in [-0.25, -0.2) is 0 Å². The van der Waals surface area contributed by atoms with Crippen LogP contribution in [0.1, 0.15) is 42.0 Å². The van der Waals surface area contributed by atoms with E-state index in [1.165, 1.54) is 42.5 Å². The van der Waals surface area contributed by atoms with Crippen LogP contribution < -0.4 is 5.32 Å². The maximum absolute atomic E-state index is 3.58. The fraction of sp³-hybridized carbons (Fsp3) is 0.538. The van der Waals surface area contributed by atoms with Crippen LogP contribution in [0, 0.1) is 13.8 Å². The standard InChI is InChI=1S/C13H19N/c1-10-6-7-12(9-11(10)2)13-5-3-4-8-14-13/h6-7,9,13-14H,3-5,8H2,1-2H3. The van der Waals surface area contributed by atoms with Gasteiger partial charge < -0.3 is 5.32 Å². The Morgan fingerprint density at radius 2 is 2.00 bits per heavy atom. The van der Waals surface area contributed by atoms with Crippen molar-refractivity contribution in [3.05, 3.63) is 34.9 Å². The molecular weight excluding hydrogens is 170 g/mol. The molecule has 1 unspecified atom stereocenters. The highest BCUT2D eigenvalue weighted by atomic mass is 14.9. The molecule has 1 saturated heterocycles. The van der Waals surface area contributed by atoms with E-state index in [2.05, 4.69) is 37.4 Å². The van der Waals surface area contributed by atoms with Crippen LogP contribution in [0.2, 0.25) is 0 Å². The number of rotatable bonds is 1. The minimum Gasteiger partial charge on any atom is -0.310 e. The van der Waals surface area contributed by atoms with Crippen molar-refractivity contribution in [2.24, 2.45) is 0 Å². The quantitative estimate of drug-likeness (QED) is 0.715. The fourth-order valence-corrected chi connectivity index (χ4v) is 2.12. The summed E-state index contributed by atoms with van der Waals surface area (Å²) in [7, 11) is 0. The van der Waals surface area contributed by atoms with Gasteiger partial charge in [-0.15, -0.1) is 0 Å². The molecule has 1 N–H and O–H groups in total. The van der Waals surface area contributed by atoms with E-state index in [9.17, 15) is 0 Å². The van der Waals surface area contributed by atoms with Gasteiger partial charge in [0, 0.05) is 6.04 Å². The van der Waals surface area contributed by atoms with E-state index in [1.54, 1.807) is 0 Å². The Labute approximate surface area is 86.5 Å². The molecule has 1 aliphatic rings. The minimum absolute atomic E-state index is 0.600. The predicted octanol–water partition coefficient (Wildman–Crippen LogP) is 3.12. The molecule has 0 bridgehead atoms. The summed E-state index contributed by atoms with van der Waals surface area (Å²) in [5.41, 5.74) is 4.27. The second-order valence-corrected chi connectivity index (χ2v) is 4.35. The zero-order valence-electron chi connectivity index (χ0n) is 9.14. The van der Waals surface area contributed by atoms with Crippen LogP contribution in [0.15, 0.2) is 18.2 Å². The summed E-state index contributed by atoms with van der Waals surface area (Å²) in [4.78, 5) is 0. The molecule has 0 spiro atoms. The molecule has 0 amide bonds. The normalized spacial score (nSPS) is 22.3. The van der Waals surface area contributed by atoms with Crippen molar-refractivity contribution in [1.29, 1.82) is 0 Å². The summed E-state index contributed by atoms with van der Waals surface area (Å²) < 4.78 is 0. The lowest BCUT2D eigenvalue weighted by atomic mass is 9.95. The summed E-state index contributed by atoms with van der Waals surface area (Å²) in [5.74, 6) is 0. The lowest BCUT2D eigenvalue weighted by molar-refractivity contribution is 0.412. The Morgan fingerprint density at radius 1 is 1.14 bits per heavy atom. The average Bonchev–Trinajstić information content (AvgIpc) is 2.23. The fourth-order valence-electron chi connectivity index (χ4n) is 2.12. The Kier molecular flexibility index (Phi) is 2.87. The highest BCUT2D eigenvalue weighted by molar-refractivity contribution is 5.31. The van der Waals surface area contributed by atoms with Gasteiger partial charge in [-0.1, -0.05) is 24.6 Å². The Hall–Kier alpha value is -0.820. The summed E-state index contributed by atoms with van der Waals surface area (Å²) >= 11 is 0. The number of aryl methyl sites for hydroxylation is 2.